The van der Waals surface area contributed by atoms with Gasteiger partial charge in [0.15, 0.2) is 5.78 Å². The first-order chi connectivity index (χ1) is 8.91. The Morgan fingerprint density at radius 1 is 1.32 bits per heavy atom. The van der Waals surface area contributed by atoms with Crippen molar-refractivity contribution in [1.29, 1.82) is 0 Å². The molecule has 0 aliphatic heterocycles. The normalized spacial score (nSPS) is 10.5. The Bertz CT molecular complexity index is 673. The molecule has 0 unspecified atom stereocenters. The molecule has 0 aliphatic carbocycles. The topological polar surface area (TPSA) is 59.3 Å². The Kier molecular flexibility index (Phi) is 3.21. The van der Waals surface area contributed by atoms with Crippen molar-refractivity contribution >= 4 is 11.8 Å². The van der Waals surface area contributed by atoms with E-state index in [1.807, 2.05) is 0 Å². The molecule has 1 heterocycles. The van der Waals surface area contributed by atoms with E-state index in [0.717, 1.165) is 0 Å². The van der Waals surface area contributed by atoms with E-state index in [1.165, 1.54) is 35.9 Å². The lowest BCUT2D eigenvalue weighted by Gasteiger charge is -2.10. The molecule has 2 aromatic rings. The second-order valence-electron chi connectivity index (χ2n) is 4.23. The molecule has 1 aromatic carbocycles. The van der Waals surface area contributed by atoms with Crippen molar-refractivity contribution in [3.63, 3.8) is 0 Å². The highest BCUT2D eigenvalue weighted by Crippen LogP contribution is 2.21. The fraction of sp³-hybridized carbons (Fsp3) is 0.143. The van der Waals surface area contributed by atoms with Gasteiger partial charge in [-0.3, -0.25) is 4.79 Å². The second kappa shape index (κ2) is 4.68. The molecule has 0 amide bonds. The maximum Gasteiger partial charge on any atom is 0.352 e. The molecule has 2 rings (SSSR count). The molecule has 1 N–H and O–H groups in total. The van der Waals surface area contributed by atoms with Crippen LogP contribution in [0.5, 0.6) is 0 Å². The summed E-state index contributed by atoms with van der Waals surface area (Å²) < 4.78 is 14.9. The van der Waals surface area contributed by atoms with E-state index in [2.05, 4.69) is 0 Å². The zero-order valence-corrected chi connectivity index (χ0v) is 10.5. The van der Waals surface area contributed by atoms with E-state index >= 15 is 0 Å². The number of halogens is 1. The molecule has 0 aliphatic rings. The molecule has 0 bridgehead atoms. The first kappa shape index (κ1) is 13.0. The first-order valence-electron chi connectivity index (χ1n) is 5.64. The van der Waals surface area contributed by atoms with Gasteiger partial charge in [0.1, 0.15) is 11.5 Å². The number of carboxylic acids is 1. The number of aromatic nitrogens is 1. The number of hydrogen-bond acceptors (Lipinski definition) is 2. The van der Waals surface area contributed by atoms with Crippen molar-refractivity contribution in [2.75, 3.05) is 0 Å². The highest BCUT2D eigenvalue weighted by atomic mass is 19.1. The molecule has 0 spiro atoms. The summed E-state index contributed by atoms with van der Waals surface area (Å²) in [7, 11) is 0. The molecule has 0 radical (unpaired) electrons. The van der Waals surface area contributed by atoms with Crippen molar-refractivity contribution in [1.82, 2.24) is 4.57 Å². The summed E-state index contributed by atoms with van der Waals surface area (Å²) in [5.74, 6) is -1.83. The molecule has 19 heavy (non-hydrogen) atoms. The number of ketones is 1. The molecular formula is C14H12FNO3. The number of aromatic carboxylic acids is 1. The van der Waals surface area contributed by atoms with Crippen LogP contribution in [-0.2, 0) is 0 Å². The van der Waals surface area contributed by atoms with E-state index < -0.39 is 11.8 Å². The van der Waals surface area contributed by atoms with Crippen LogP contribution in [0.15, 0.2) is 30.5 Å². The van der Waals surface area contributed by atoms with Crippen molar-refractivity contribution in [2.45, 2.75) is 13.8 Å². The fourth-order valence-electron chi connectivity index (χ4n) is 1.88. The quantitative estimate of drug-likeness (QED) is 0.864. The number of benzene rings is 1. The molecule has 5 heteroatoms. The largest absolute Gasteiger partial charge is 0.477 e. The third-order valence-corrected chi connectivity index (χ3v) is 2.94. The fourth-order valence-corrected chi connectivity index (χ4v) is 1.88. The van der Waals surface area contributed by atoms with Crippen molar-refractivity contribution < 1.29 is 19.1 Å². The average molecular weight is 261 g/mol. The van der Waals surface area contributed by atoms with E-state index in [4.69, 9.17) is 5.11 Å². The summed E-state index contributed by atoms with van der Waals surface area (Å²) in [4.78, 5) is 22.5. The van der Waals surface area contributed by atoms with Crippen LogP contribution < -0.4 is 0 Å². The number of carbonyl (C=O) groups is 2. The van der Waals surface area contributed by atoms with E-state index in [1.54, 1.807) is 13.0 Å². The average Bonchev–Trinajstić information content (AvgIpc) is 2.77. The highest BCUT2D eigenvalue weighted by Gasteiger charge is 2.17. The minimum Gasteiger partial charge on any atom is -0.477 e. The second-order valence-corrected chi connectivity index (χ2v) is 4.23. The Morgan fingerprint density at radius 2 is 2.00 bits per heavy atom. The molecule has 0 saturated heterocycles. The number of Topliss-reactive ketones (excluding diaryl/α,β-unsaturated/α-hetero) is 1. The van der Waals surface area contributed by atoms with Gasteiger partial charge < -0.3 is 9.67 Å². The molecule has 0 fully saturated rings. The van der Waals surface area contributed by atoms with E-state index in [0.29, 0.717) is 11.3 Å². The maximum absolute atomic E-state index is 13.5. The van der Waals surface area contributed by atoms with Gasteiger partial charge in [0.2, 0.25) is 0 Å². The van der Waals surface area contributed by atoms with Gasteiger partial charge in [-0.15, -0.1) is 0 Å². The van der Waals surface area contributed by atoms with Gasteiger partial charge in [0, 0.05) is 17.3 Å². The van der Waals surface area contributed by atoms with Gasteiger partial charge >= 0.3 is 5.97 Å². The predicted octanol–water partition coefficient (Wildman–Crippen LogP) is 2.83. The minimum absolute atomic E-state index is 0.0705. The van der Waals surface area contributed by atoms with Gasteiger partial charge in [-0.05, 0) is 32.0 Å². The highest BCUT2D eigenvalue weighted by molar-refractivity contribution is 5.97. The van der Waals surface area contributed by atoms with Crippen molar-refractivity contribution in [3.05, 3.63) is 53.1 Å². The number of carbonyl (C=O) groups excluding carboxylic acids is 1. The van der Waals surface area contributed by atoms with Crippen LogP contribution >= 0.6 is 0 Å². The number of carboxylic acid groups (broad SMARTS) is 1. The van der Waals surface area contributed by atoms with Crippen molar-refractivity contribution in [2.24, 2.45) is 0 Å². The van der Waals surface area contributed by atoms with Crippen LogP contribution in [-0.4, -0.2) is 21.4 Å². The molecule has 0 atom stereocenters. The summed E-state index contributed by atoms with van der Waals surface area (Å²) >= 11 is 0. The maximum atomic E-state index is 13.5. The summed E-state index contributed by atoms with van der Waals surface area (Å²) in [6, 6.07) is 5.69. The number of hydrogen-bond donors (Lipinski definition) is 1. The lowest BCUT2D eigenvalue weighted by molar-refractivity contribution is 0.0688. The molecule has 0 saturated carbocycles. The number of nitrogens with zero attached hydrogens (tertiary/aromatic N) is 1. The van der Waals surface area contributed by atoms with E-state index in [9.17, 15) is 14.0 Å². The summed E-state index contributed by atoms with van der Waals surface area (Å²) in [5.41, 5.74) is 0.945. The summed E-state index contributed by atoms with van der Waals surface area (Å²) in [5, 5.41) is 9.16. The van der Waals surface area contributed by atoms with Gasteiger partial charge in [-0.1, -0.05) is 6.07 Å². The zero-order chi connectivity index (χ0) is 14.2. The molecule has 98 valence electrons. The van der Waals surface area contributed by atoms with Crippen LogP contribution in [0.2, 0.25) is 0 Å². The summed E-state index contributed by atoms with van der Waals surface area (Å²) in [6.45, 7) is 2.91. The third kappa shape index (κ3) is 2.27. The Morgan fingerprint density at radius 3 is 2.58 bits per heavy atom. The van der Waals surface area contributed by atoms with Gasteiger partial charge in [0.25, 0.3) is 0 Å². The summed E-state index contributed by atoms with van der Waals surface area (Å²) in [6.07, 6.45) is 1.41. The van der Waals surface area contributed by atoms with Crippen molar-refractivity contribution in [3.8, 4) is 5.69 Å². The zero-order valence-electron chi connectivity index (χ0n) is 10.5. The van der Waals surface area contributed by atoms with E-state index in [-0.39, 0.29) is 17.0 Å². The first-order valence-corrected chi connectivity index (χ1v) is 5.64. The number of rotatable bonds is 3. The van der Waals surface area contributed by atoms with Gasteiger partial charge in [-0.2, -0.15) is 0 Å². The lowest BCUT2D eigenvalue weighted by atomic mass is 10.2. The van der Waals surface area contributed by atoms with Gasteiger partial charge in [0.05, 0.1) is 5.69 Å². The van der Waals surface area contributed by atoms with Crippen LogP contribution in [0, 0.1) is 12.7 Å². The van der Waals surface area contributed by atoms with Crippen LogP contribution in [0.25, 0.3) is 5.69 Å². The minimum atomic E-state index is -1.17. The lowest BCUT2D eigenvalue weighted by Crippen LogP contribution is -2.07. The Hall–Kier alpha value is -2.43. The SMILES string of the molecule is CC(=O)c1cc(C(=O)O)n(-c2cccc(F)c2C)c1. The predicted molar refractivity (Wildman–Crippen MR) is 67.4 cm³/mol. The smallest absolute Gasteiger partial charge is 0.352 e. The van der Waals surface area contributed by atoms with Crippen LogP contribution in [0.1, 0.15) is 33.3 Å². The molecule has 1 aromatic heterocycles. The molecule has 4 nitrogen and oxygen atoms in total. The molecular weight excluding hydrogens is 249 g/mol. The van der Waals surface area contributed by atoms with Crippen LogP contribution in [0.3, 0.4) is 0 Å². The monoisotopic (exact) mass is 261 g/mol. The third-order valence-electron chi connectivity index (χ3n) is 2.94. The van der Waals surface area contributed by atoms with Crippen LogP contribution in [0.4, 0.5) is 4.39 Å². The Labute approximate surface area is 109 Å². The Balaban J connectivity index is 2.70. The standard InChI is InChI=1S/C14H12FNO3/c1-8-11(15)4-3-5-12(8)16-7-10(9(2)17)6-13(16)14(18)19/h3-7H,1-2H3,(H,18,19). The van der Waals surface area contributed by atoms with Gasteiger partial charge in [-0.25, -0.2) is 9.18 Å².